The van der Waals surface area contributed by atoms with Gasteiger partial charge in [0.15, 0.2) is 0 Å². The highest BCUT2D eigenvalue weighted by Gasteiger charge is 1.76. The molecule has 0 saturated carbocycles. The lowest BCUT2D eigenvalue weighted by molar-refractivity contribution is -0.138. The van der Waals surface area contributed by atoms with Crippen molar-refractivity contribution in [2.24, 2.45) is 0 Å². The van der Waals surface area contributed by atoms with Crippen LogP contribution in [0.3, 0.4) is 0 Å². The third-order valence-electron chi connectivity index (χ3n) is 0.862. The molecule has 0 bridgehead atoms. The van der Waals surface area contributed by atoms with E-state index in [2.05, 4.69) is 14.2 Å². The lowest BCUT2D eigenvalue weighted by Gasteiger charge is -1.80. The highest BCUT2D eigenvalue weighted by atomic mass is 16.5. The summed E-state index contributed by atoms with van der Waals surface area (Å²) in [4.78, 5) is 28.8. The van der Waals surface area contributed by atoms with Gasteiger partial charge in [-0.25, -0.2) is 0 Å². The number of rotatable bonds is 0. The molecule has 0 aromatic rings. The van der Waals surface area contributed by atoms with E-state index < -0.39 is 0 Å². The van der Waals surface area contributed by atoms with Crippen molar-refractivity contribution < 1.29 is 28.6 Å². The van der Waals surface area contributed by atoms with E-state index in [1.165, 1.54) is 42.1 Å². The van der Waals surface area contributed by atoms with Crippen LogP contribution in [-0.2, 0) is 28.6 Å². The number of ether oxygens (including phenoxy) is 3. The summed E-state index contributed by atoms with van der Waals surface area (Å²) >= 11 is 0. The fourth-order valence-corrected chi connectivity index (χ4v) is 0. The molecular formula is C9H18O6. The first-order valence-electron chi connectivity index (χ1n) is 3.95. The van der Waals surface area contributed by atoms with Crippen molar-refractivity contribution in [1.29, 1.82) is 0 Å². The summed E-state index contributed by atoms with van der Waals surface area (Å²) in [6, 6.07) is 0. The van der Waals surface area contributed by atoms with Crippen molar-refractivity contribution in [2.75, 3.05) is 21.3 Å². The monoisotopic (exact) mass is 222 g/mol. The summed E-state index contributed by atoms with van der Waals surface area (Å²) in [5.41, 5.74) is 0. The normalized spacial score (nSPS) is 6.80. The molecule has 0 aliphatic carbocycles. The summed E-state index contributed by atoms with van der Waals surface area (Å²) in [6.45, 7) is 4.08. The van der Waals surface area contributed by atoms with Gasteiger partial charge in [-0.2, -0.15) is 0 Å². The first kappa shape index (κ1) is 19.1. The number of carbonyl (C=O) groups is 3. The van der Waals surface area contributed by atoms with Crippen LogP contribution in [0.15, 0.2) is 0 Å². The van der Waals surface area contributed by atoms with E-state index >= 15 is 0 Å². The van der Waals surface area contributed by atoms with Crippen LogP contribution in [-0.4, -0.2) is 39.2 Å². The Kier molecular flexibility index (Phi) is 18.9. The van der Waals surface area contributed by atoms with Crippen molar-refractivity contribution in [2.45, 2.75) is 20.8 Å². The zero-order chi connectivity index (χ0) is 12.9. The Morgan fingerprint density at radius 3 is 0.667 bits per heavy atom. The van der Waals surface area contributed by atoms with Gasteiger partial charge in [-0.3, -0.25) is 14.4 Å². The molecule has 0 heterocycles. The minimum Gasteiger partial charge on any atom is -0.469 e. The van der Waals surface area contributed by atoms with Crippen LogP contribution in [0.5, 0.6) is 0 Å². The summed E-state index contributed by atoms with van der Waals surface area (Å²) in [6.07, 6.45) is 0. The van der Waals surface area contributed by atoms with Gasteiger partial charge < -0.3 is 14.2 Å². The first-order valence-corrected chi connectivity index (χ1v) is 3.95. The Morgan fingerprint density at radius 1 is 0.600 bits per heavy atom. The fourth-order valence-electron chi connectivity index (χ4n) is 0. The molecule has 0 aliphatic rings. The van der Waals surface area contributed by atoms with Crippen LogP contribution in [0.4, 0.5) is 0 Å². The van der Waals surface area contributed by atoms with Crippen LogP contribution >= 0.6 is 0 Å². The largest absolute Gasteiger partial charge is 0.469 e. The summed E-state index contributed by atoms with van der Waals surface area (Å²) < 4.78 is 12.3. The molecule has 0 aromatic heterocycles. The minimum atomic E-state index is -0.245. The quantitative estimate of drug-likeness (QED) is 0.439. The van der Waals surface area contributed by atoms with Crippen molar-refractivity contribution in [1.82, 2.24) is 0 Å². The second kappa shape index (κ2) is 14.9. The van der Waals surface area contributed by atoms with Gasteiger partial charge in [0.2, 0.25) is 0 Å². The van der Waals surface area contributed by atoms with Crippen molar-refractivity contribution in [3.63, 3.8) is 0 Å². The third kappa shape index (κ3) is 69.2. The maximum absolute atomic E-state index is 9.59. The molecule has 0 spiro atoms. The number of hydrogen-bond acceptors (Lipinski definition) is 6. The van der Waals surface area contributed by atoms with E-state index in [1.54, 1.807) is 0 Å². The van der Waals surface area contributed by atoms with Gasteiger partial charge in [-0.15, -0.1) is 0 Å². The third-order valence-corrected chi connectivity index (χ3v) is 0.862. The summed E-state index contributed by atoms with van der Waals surface area (Å²) in [5.74, 6) is -0.736. The summed E-state index contributed by atoms with van der Waals surface area (Å²) in [5, 5.41) is 0. The van der Waals surface area contributed by atoms with Gasteiger partial charge in [-0.05, 0) is 0 Å². The lowest BCUT2D eigenvalue weighted by Crippen LogP contribution is -1.88. The highest BCUT2D eigenvalue weighted by Crippen LogP contribution is 1.61. The van der Waals surface area contributed by atoms with Gasteiger partial charge in [0, 0.05) is 20.8 Å². The number of methoxy groups -OCH3 is 3. The van der Waals surface area contributed by atoms with Crippen molar-refractivity contribution in [3.05, 3.63) is 0 Å². The average molecular weight is 222 g/mol. The maximum Gasteiger partial charge on any atom is 0.302 e. The van der Waals surface area contributed by atoms with Crippen molar-refractivity contribution >= 4 is 17.9 Å². The van der Waals surface area contributed by atoms with E-state index in [0.29, 0.717) is 0 Å². The minimum absolute atomic E-state index is 0.245. The van der Waals surface area contributed by atoms with Crippen LogP contribution < -0.4 is 0 Å². The van der Waals surface area contributed by atoms with Gasteiger partial charge in [0.25, 0.3) is 0 Å². The van der Waals surface area contributed by atoms with Crippen LogP contribution in [0.2, 0.25) is 0 Å². The van der Waals surface area contributed by atoms with E-state index in [1.807, 2.05) is 0 Å². The van der Waals surface area contributed by atoms with E-state index in [-0.39, 0.29) is 17.9 Å². The van der Waals surface area contributed by atoms with Crippen LogP contribution in [0.1, 0.15) is 20.8 Å². The lowest BCUT2D eigenvalue weighted by atomic mass is 10.8. The number of carbonyl (C=O) groups excluding carboxylic acids is 3. The smallest absolute Gasteiger partial charge is 0.302 e. The van der Waals surface area contributed by atoms with E-state index in [9.17, 15) is 14.4 Å². The Morgan fingerprint density at radius 2 is 0.667 bits per heavy atom. The Balaban J connectivity index is -0.000000144. The number of hydrogen-bond donors (Lipinski definition) is 0. The molecule has 6 nitrogen and oxygen atoms in total. The van der Waals surface area contributed by atoms with E-state index in [4.69, 9.17) is 0 Å². The van der Waals surface area contributed by atoms with E-state index in [0.717, 1.165) is 0 Å². The SMILES string of the molecule is COC(C)=O.COC(C)=O.COC(C)=O. The molecule has 90 valence electrons. The topological polar surface area (TPSA) is 78.9 Å². The van der Waals surface area contributed by atoms with Crippen LogP contribution in [0.25, 0.3) is 0 Å². The zero-order valence-electron chi connectivity index (χ0n) is 9.95. The molecule has 0 radical (unpaired) electrons. The zero-order valence-corrected chi connectivity index (χ0v) is 9.95. The molecule has 0 atom stereocenters. The molecule has 0 saturated heterocycles. The summed E-state index contributed by atoms with van der Waals surface area (Å²) in [7, 11) is 4.05. The predicted octanol–water partition coefficient (Wildman–Crippen LogP) is 0.538. The van der Waals surface area contributed by atoms with Gasteiger partial charge in [0.05, 0.1) is 21.3 Å². The molecular weight excluding hydrogens is 204 g/mol. The fraction of sp³-hybridized carbons (Fsp3) is 0.667. The molecule has 0 aliphatic heterocycles. The molecule has 0 unspecified atom stereocenters. The van der Waals surface area contributed by atoms with Gasteiger partial charge in [-0.1, -0.05) is 0 Å². The Hall–Kier alpha value is -1.59. The Bertz CT molecular complexity index is 154. The maximum atomic E-state index is 9.59. The standard InChI is InChI=1S/3C3H6O2/c3*1-3(4)5-2/h3*1-2H3. The molecule has 15 heavy (non-hydrogen) atoms. The molecule has 0 amide bonds. The Labute approximate surface area is 89.5 Å². The molecule has 0 fully saturated rings. The molecule has 6 heteroatoms. The second-order valence-corrected chi connectivity index (χ2v) is 2.09. The number of esters is 3. The molecule has 0 N–H and O–H groups in total. The van der Waals surface area contributed by atoms with Crippen LogP contribution in [0, 0.1) is 0 Å². The molecule has 0 rings (SSSR count). The predicted molar refractivity (Wildman–Crippen MR) is 53.1 cm³/mol. The van der Waals surface area contributed by atoms with Crippen molar-refractivity contribution in [3.8, 4) is 0 Å². The highest BCUT2D eigenvalue weighted by molar-refractivity contribution is 5.66. The van der Waals surface area contributed by atoms with Gasteiger partial charge >= 0.3 is 17.9 Å². The first-order chi connectivity index (χ1) is 6.81. The van der Waals surface area contributed by atoms with Gasteiger partial charge in [0.1, 0.15) is 0 Å². The average Bonchev–Trinajstić information content (AvgIpc) is 2.19. The second-order valence-electron chi connectivity index (χ2n) is 2.09. The molecule has 0 aromatic carbocycles.